The molecule has 2 saturated carbocycles. The number of rotatable bonds is 3. The van der Waals surface area contributed by atoms with Gasteiger partial charge in [0.2, 0.25) is 17.7 Å². The molecule has 2 bridgehead atoms. The van der Waals surface area contributed by atoms with Crippen LogP contribution in [0.4, 0.5) is 5.69 Å². The number of hydrogen-bond acceptors (Lipinski definition) is 3. The molecule has 7 rings (SSSR count). The molecular formula is C23H24N2O3. The van der Waals surface area contributed by atoms with E-state index in [9.17, 15) is 14.4 Å². The Labute approximate surface area is 164 Å². The predicted octanol–water partition coefficient (Wildman–Crippen LogP) is 2.56. The van der Waals surface area contributed by atoms with Gasteiger partial charge in [-0.15, -0.1) is 0 Å². The van der Waals surface area contributed by atoms with E-state index in [1.54, 1.807) is 0 Å². The molecule has 1 N–H and O–H groups in total. The fourth-order valence-corrected chi connectivity index (χ4v) is 6.41. The number of benzene rings is 1. The zero-order valence-electron chi connectivity index (χ0n) is 15.8. The molecule has 5 heteroatoms. The van der Waals surface area contributed by atoms with Crippen LogP contribution in [0.15, 0.2) is 30.4 Å². The number of amides is 3. The highest BCUT2D eigenvalue weighted by molar-refractivity contribution is 6.09. The lowest BCUT2D eigenvalue weighted by Gasteiger charge is -2.37. The van der Waals surface area contributed by atoms with Gasteiger partial charge in [-0.05, 0) is 73.0 Å². The Morgan fingerprint density at radius 3 is 2.39 bits per heavy atom. The number of anilines is 1. The van der Waals surface area contributed by atoms with E-state index in [0.717, 1.165) is 31.4 Å². The van der Waals surface area contributed by atoms with E-state index in [0.29, 0.717) is 11.8 Å². The largest absolute Gasteiger partial charge is 0.324 e. The molecule has 144 valence electrons. The maximum Gasteiger partial charge on any atom is 0.244 e. The molecule has 5 nitrogen and oxygen atoms in total. The number of fused-ring (bicyclic) bond motifs is 1. The molecular weight excluding hydrogens is 352 g/mol. The summed E-state index contributed by atoms with van der Waals surface area (Å²) in [4.78, 5) is 40.0. The third-order valence-corrected chi connectivity index (χ3v) is 7.73. The van der Waals surface area contributed by atoms with Gasteiger partial charge in [-0.2, -0.15) is 0 Å². The SMILES string of the molecule is O=C(CN1C(=O)[C@H]2[C@@H]3C=C[C@@H]([C@H]4C[C@H]34)[C@@H]2C1=O)Nc1cccc2c1CCCC2. The van der Waals surface area contributed by atoms with Crippen molar-refractivity contribution in [3.63, 3.8) is 0 Å². The molecule has 1 saturated heterocycles. The van der Waals surface area contributed by atoms with Gasteiger partial charge >= 0.3 is 0 Å². The average molecular weight is 376 g/mol. The summed E-state index contributed by atoms with van der Waals surface area (Å²) in [6, 6.07) is 6.01. The molecule has 6 aliphatic rings. The summed E-state index contributed by atoms with van der Waals surface area (Å²) in [7, 11) is 0. The van der Waals surface area contributed by atoms with Gasteiger partial charge in [-0.1, -0.05) is 24.3 Å². The van der Waals surface area contributed by atoms with E-state index < -0.39 is 0 Å². The van der Waals surface area contributed by atoms with Crippen molar-refractivity contribution in [2.75, 3.05) is 11.9 Å². The van der Waals surface area contributed by atoms with Gasteiger partial charge in [0, 0.05) is 5.69 Å². The van der Waals surface area contributed by atoms with Gasteiger partial charge < -0.3 is 5.32 Å². The van der Waals surface area contributed by atoms with Crippen molar-refractivity contribution < 1.29 is 14.4 Å². The minimum absolute atomic E-state index is 0.134. The van der Waals surface area contributed by atoms with Crippen molar-refractivity contribution in [2.45, 2.75) is 32.1 Å². The number of aryl methyl sites for hydroxylation is 1. The maximum atomic E-state index is 13.0. The zero-order chi connectivity index (χ0) is 19.0. The van der Waals surface area contributed by atoms with Gasteiger partial charge in [0.1, 0.15) is 6.54 Å². The summed E-state index contributed by atoms with van der Waals surface area (Å²) < 4.78 is 0. The van der Waals surface area contributed by atoms with E-state index in [4.69, 9.17) is 0 Å². The Morgan fingerprint density at radius 1 is 1.00 bits per heavy atom. The molecule has 1 heterocycles. The van der Waals surface area contributed by atoms with Gasteiger partial charge in [0.15, 0.2) is 0 Å². The Balaban J connectivity index is 1.20. The van der Waals surface area contributed by atoms with Gasteiger partial charge in [-0.25, -0.2) is 0 Å². The molecule has 1 aromatic carbocycles. The summed E-state index contributed by atoms with van der Waals surface area (Å²) in [6.07, 6.45) is 9.79. The third-order valence-electron chi connectivity index (χ3n) is 7.73. The number of hydrogen-bond donors (Lipinski definition) is 1. The van der Waals surface area contributed by atoms with Crippen LogP contribution in [0.2, 0.25) is 0 Å². The molecule has 3 fully saturated rings. The average Bonchev–Trinajstić information content (AvgIpc) is 3.49. The summed E-state index contributed by atoms with van der Waals surface area (Å²) in [5.41, 5.74) is 3.34. The third kappa shape index (κ3) is 2.22. The minimum atomic E-state index is -0.273. The zero-order valence-corrected chi connectivity index (χ0v) is 15.8. The van der Waals surface area contributed by atoms with Crippen LogP contribution in [-0.4, -0.2) is 29.2 Å². The summed E-state index contributed by atoms with van der Waals surface area (Å²) >= 11 is 0. The number of imide groups is 1. The number of nitrogens with zero attached hydrogens (tertiary/aromatic N) is 1. The van der Waals surface area contributed by atoms with Crippen LogP contribution >= 0.6 is 0 Å². The molecule has 0 unspecified atom stereocenters. The van der Waals surface area contributed by atoms with Crippen molar-refractivity contribution in [1.82, 2.24) is 4.90 Å². The van der Waals surface area contributed by atoms with Gasteiger partial charge in [0.25, 0.3) is 0 Å². The van der Waals surface area contributed by atoms with E-state index in [-0.39, 0.29) is 47.9 Å². The second kappa shape index (κ2) is 5.79. The van der Waals surface area contributed by atoms with E-state index in [2.05, 4.69) is 23.5 Å². The number of likely N-dealkylation sites (tertiary alicyclic amines) is 1. The first-order chi connectivity index (χ1) is 13.6. The quantitative estimate of drug-likeness (QED) is 0.651. The predicted molar refractivity (Wildman–Crippen MR) is 103 cm³/mol. The second-order valence-electron chi connectivity index (χ2n) is 9.12. The van der Waals surface area contributed by atoms with Crippen LogP contribution < -0.4 is 5.32 Å². The van der Waals surface area contributed by atoms with E-state index >= 15 is 0 Å². The molecule has 1 aliphatic heterocycles. The van der Waals surface area contributed by atoms with Crippen molar-refractivity contribution in [3.05, 3.63) is 41.5 Å². The Morgan fingerprint density at radius 2 is 1.68 bits per heavy atom. The number of allylic oxidation sites excluding steroid dienone is 2. The Bertz CT molecular complexity index is 900. The number of nitrogens with one attached hydrogen (secondary N) is 1. The van der Waals surface area contributed by atoms with Crippen LogP contribution in [0.25, 0.3) is 0 Å². The highest BCUT2D eigenvalue weighted by atomic mass is 16.2. The van der Waals surface area contributed by atoms with Crippen LogP contribution in [0.1, 0.15) is 30.4 Å². The lowest BCUT2D eigenvalue weighted by atomic mass is 9.63. The molecule has 6 atom stereocenters. The monoisotopic (exact) mass is 376 g/mol. The van der Waals surface area contributed by atoms with Crippen LogP contribution in [0, 0.1) is 35.5 Å². The smallest absolute Gasteiger partial charge is 0.244 e. The molecule has 0 spiro atoms. The number of carbonyl (C=O) groups is 3. The Kier molecular flexibility index (Phi) is 3.41. The molecule has 3 amide bonds. The van der Waals surface area contributed by atoms with Crippen LogP contribution in [0.5, 0.6) is 0 Å². The van der Waals surface area contributed by atoms with E-state index in [1.807, 2.05) is 12.1 Å². The minimum Gasteiger partial charge on any atom is -0.324 e. The topological polar surface area (TPSA) is 66.5 Å². The molecule has 5 aliphatic carbocycles. The maximum absolute atomic E-state index is 13.0. The first-order valence-electron chi connectivity index (χ1n) is 10.6. The van der Waals surface area contributed by atoms with Crippen LogP contribution in [0.3, 0.4) is 0 Å². The molecule has 0 aromatic heterocycles. The summed E-state index contributed by atoms with van der Waals surface area (Å²) in [6.45, 7) is -0.164. The fourth-order valence-electron chi connectivity index (χ4n) is 6.41. The summed E-state index contributed by atoms with van der Waals surface area (Å²) in [5.74, 6) is 0.554. The molecule has 1 aromatic rings. The molecule has 0 radical (unpaired) electrons. The van der Waals surface area contributed by atoms with Crippen LogP contribution in [-0.2, 0) is 27.2 Å². The van der Waals surface area contributed by atoms with Gasteiger partial charge in [0.05, 0.1) is 11.8 Å². The fraction of sp³-hybridized carbons (Fsp3) is 0.522. The van der Waals surface area contributed by atoms with Gasteiger partial charge in [-0.3, -0.25) is 19.3 Å². The summed E-state index contributed by atoms with van der Waals surface area (Å²) in [5, 5.41) is 2.97. The lowest BCUT2D eigenvalue weighted by Crippen LogP contribution is -2.40. The molecule has 28 heavy (non-hydrogen) atoms. The van der Waals surface area contributed by atoms with Crippen molar-refractivity contribution in [1.29, 1.82) is 0 Å². The normalized spacial score (nSPS) is 36.8. The Hall–Kier alpha value is -2.43. The highest BCUT2D eigenvalue weighted by Crippen LogP contribution is 2.65. The standard InChI is InChI=1S/C23H24N2O3/c26-19(24-18-7-3-5-12-4-1-2-6-13(12)18)11-25-22(27)20-14-8-9-15(17-10-16(14)17)21(20)23(25)28/h3,5,7-9,14-17,20-21H,1-2,4,6,10-11H2,(H,24,26)/t14-,15+,16-,17-,20+,21+/m1/s1. The van der Waals surface area contributed by atoms with E-state index in [1.165, 1.54) is 22.4 Å². The van der Waals surface area contributed by atoms with Crippen molar-refractivity contribution in [2.24, 2.45) is 35.5 Å². The first-order valence-corrected chi connectivity index (χ1v) is 10.6. The second-order valence-corrected chi connectivity index (χ2v) is 9.12. The first kappa shape index (κ1) is 16.5. The van der Waals surface area contributed by atoms with Crippen molar-refractivity contribution in [3.8, 4) is 0 Å². The van der Waals surface area contributed by atoms with Crippen molar-refractivity contribution >= 4 is 23.4 Å². The highest BCUT2D eigenvalue weighted by Gasteiger charge is 2.67. The lowest BCUT2D eigenvalue weighted by molar-refractivity contribution is -0.142. The number of carbonyl (C=O) groups excluding carboxylic acids is 3.